The predicted molar refractivity (Wildman–Crippen MR) is 63.9 cm³/mol. The summed E-state index contributed by atoms with van der Waals surface area (Å²) in [4.78, 5) is 17.6. The minimum absolute atomic E-state index is 0.200. The van der Waals surface area contributed by atoms with Crippen molar-refractivity contribution in [1.82, 2.24) is 9.97 Å². The van der Waals surface area contributed by atoms with Gasteiger partial charge in [0, 0.05) is 13.7 Å². The molecule has 15 heavy (non-hydrogen) atoms. The van der Waals surface area contributed by atoms with E-state index in [1.807, 2.05) is 22.6 Å². The Morgan fingerprint density at radius 3 is 3.20 bits per heavy atom. The third-order valence-electron chi connectivity index (χ3n) is 1.66. The van der Waals surface area contributed by atoms with Crippen LogP contribution in [-0.4, -0.2) is 41.4 Å². The zero-order chi connectivity index (χ0) is 11.3. The number of halogens is 1. The van der Waals surface area contributed by atoms with E-state index in [2.05, 4.69) is 15.3 Å². The van der Waals surface area contributed by atoms with Crippen LogP contribution >= 0.6 is 22.6 Å². The van der Waals surface area contributed by atoms with E-state index >= 15 is 0 Å². The number of H-pyrrole nitrogens is 1. The molecule has 1 aromatic rings. The van der Waals surface area contributed by atoms with Gasteiger partial charge in [-0.1, -0.05) is 0 Å². The number of aliphatic hydroxyl groups is 1. The molecule has 0 aliphatic heterocycles. The lowest BCUT2D eigenvalue weighted by Gasteiger charge is -2.11. The molecule has 0 aromatic carbocycles. The summed E-state index contributed by atoms with van der Waals surface area (Å²) in [7, 11) is 1.51. The Kier molecular flexibility index (Phi) is 4.99. The lowest BCUT2D eigenvalue weighted by atomic mass is 10.4. The summed E-state index contributed by atoms with van der Waals surface area (Å²) < 4.78 is 5.24. The first kappa shape index (κ1) is 12.4. The predicted octanol–water partition coefficient (Wildman–Crippen LogP) is -0.206. The standard InChI is InChI=1S/C8H12IN3O3/c1-15-3-5(13)2-10-7-6(9)8(14)12-4-11-7/h4-5,13H,2-3H2,1H3,(H2,10,11,12,14). The zero-order valence-corrected chi connectivity index (χ0v) is 10.3. The zero-order valence-electron chi connectivity index (χ0n) is 8.16. The Hall–Kier alpha value is -0.670. The van der Waals surface area contributed by atoms with Gasteiger partial charge in [-0.2, -0.15) is 0 Å². The van der Waals surface area contributed by atoms with Crippen LogP contribution in [0.4, 0.5) is 5.82 Å². The van der Waals surface area contributed by atoms with Crippen LogP contribution in [0.3, 0.4) is 0 Å². The Morgan fingerprint density at radius 1 is 1.80 bits per heavy atom. The number of rotatable bonds is 5. The molecular formula is C8H12IN3O3. The third kappa shape index (κ3) is 3.76. The van der Waals surface area contributed by atoms with Gasteiger partial charge in [-0.05, 0) is 22.6 Å². The van der Waals surface area contributed by atoms with E-state index in [4.69, 9.17) is 4.74 Å². The molecule has 1 heterocycles. The van der Waals surface area contributed by atoms with Crippen LogP contribution in [0.15, 0.2) is 11.1 Å². The fraction of sp³-hybridized carbons (Fsp3) is 0.500. The maximum absolute atomic E-state index is 11.2. The van der Waals surface area contributed by atoms with Gasteiger partial charge in [0.15, 0.2) is 0 Å². The van der Waals surface area contributed by atoms with Crippen LogP contribution in [0.2, 0.25) is 0 Å². The minimum atomic E-state index is -0.619. The quantitative estimate of drug-likeness (QED) is 0.653. The molecule has 0 aliphatic carbocycles. The highest BCUT2D eigenvalue weighted by Crippen LogP contribution is 2.08. The van der Waals surface area contributed by atoms with Crippen molar-refractivity contribution in [2.45, 2.75) is 6.10 Å². The van der Waals surface area contributed by atoms with E-state index in [0.29, 0.717) is 15.9 Å². The van der Waals surface area contributed by atoms with Crippen LogP contribution in [-0.2, 0) is 4.74 Å². The summed E-state index contributed by atoms with van der Waals surface area (Å²) in [6.45, 7) is 0.535. The van der Waals surface area contributed by atoms with Gasteiger partial charge < -0.3 is 20.1 Å². The summed E-state index contributed by atoms with van der Waals surface area (Å²) in [5.74, 6) is 0.467. The molecule has 1 rings (SSSR count). The van der Waals surface area contributed by atoms with E-state index in [1.54, 1.807) is 0 Å². The number of aliphatic hydroxyl groups excluding tert-OH is 1. The fourth-order valence-electron chi connectivity index (χ4n) is 0.972. The van der Waals surface area contributed by atoms with Crippen molar-refractivity contribution in [3.63, 3.8) is 0 Å². The number of hydrogen-bond donors (Lipinski definition) is 3. The number of ether oxygens (including phenoxy) is 1. The topological polar surface area (TPSA) is 87.2 Å². The van der Waals surface area contributed by atoms with Gasteiger partial charge in [0.2, 0.25) is 0 Å². The Labute approximate surface area is 100 Å². The van der Waals surface area contributed by atoms with E-state index in [9.17, 15) is 9.90 Å². The average Bonchev–Trinajstić information content (AvgIpc) is 2.21. The van der Waals surface area contributed by atoms with E-state index in [0.717, 1.165) is 0 Å². The number of anilines is 1. The van der Waals surface area contributed by atoms with Gasteiger partial charge in [-0.15, -0.1) is 0 Å². The smallest absolute Gasteiger partial charge is 0.266 e. The highest BCUT2D eigenvalue weighted by molar-refractivity contribution is 14.1. The molecule has 6 nitrogen and oxygen atoms in total. The molecule has 7 heteroatoms. The molecule has 1 unspecified atom stereocenters. The van der Waals surface area contributed by atoms with Crippen LogP contribution < -0.4 is 10.9 Å². The van der Waals surface area contributed by atoms with Crippen molar-refractivity contribution in [2.24, 2.45) is 0 Å². The lowest BCUT2D eigenvalue weighted by molar-refractivity contribution is 0.0727. The number of nitrogens with zero attached hydrogens (tertiary/aromatic N) is 1. The normalized spacial score (nSPS) is 12.5. The highest BCUT2D eigenvalue weighted by atomic mass is 127. The molecular weight excluding hydrogens is 313 g/mol. The van der Waals surface area contributed by atoms with Crippen LogP contribution in [0, 0.1) is 3.57 Å². The molecule has 0 aliphatic rings. The van der Waals surface area contributed by atoms with Gasteiger partial charge in [0.25, 0.3) is 5.56 Å². The first-order valence-electron chi connectivity index (χ1n) is 4.29. The van der Waals surface area contributed by atoms with Crippen LogP contribution in [0.5, 0.6) is 0 Å². The van der Waals surface area contributed by atoms with Gasteiger partial charge in [-0.25, -0.2) is 4.98 Å². The summed E-state index contributed by atoms with van der Waals surface area (Å²) in [6.07, 6.45) is 0.696. The number of aromatic amines is 1. The molecule has 0 saturated heterocycles. The third-order valence-corrected chi connectivity index (χ3v) is 2.66. The Balaban J connectivity index is 2.58. The number of aromatic nitrogens is 2. The van der Waals surface area contributed by atoms with Crippen LogP contribution in [0.1, 0.15) is 0 Å². The molecule has 0 spiro atoms. The summed E-state index contributed by atoms with van der Waals surface area (Å²) in [5.41, 5.74) is -0.200. The number of hydrogen-bond acceptors (Lipinski definition) is 5. The summed E-state index contributed by atoms with van der Waals surface area (Å²) >= 11 is 1.89. The number of methoxy groups -OCH3 is 1. The van der Waals surface area contributed by atoms with Crippen LogP contribution in [0.25, 0.3) is 0 Å². The molecule has 0 amide bonds. The Morgan fingerprint density at radius 2 is 2.53 bits per heavy atom. The second-order valence-corrected chi connectivity index (χ2v) is 3.96. The van der Waals surface area contributed by atoms with Crippen molar-refractivity contribution >= 4 is 28.4 Å². The van der Waals surface area contributed by atoms with Crippen molar-refractivity contribution < 1.29 is 9.84 Å². The van der Waals surface area contributed by atoms with Gasteiger partial charge in [0.05, 0.1) is 19.0 Å². The first-order valence-corrected chi connectivity index (χ1v) is 5.37. The van der Waals surface area contributed by atoms with Crippen molar-refractivity contribution in [3.05, 3.63) is 20.3 Å². The molecule has 0 saturated carbocycles. The summed E-state index contributed by atoms with van der Waals surface area (Å²) in [6, 6.07) is 0. The SMILES string of the molecule is COCC(O)CNc1nc[nH]c(=O)c1I. The van der Waals surface area contributed by atoms with Crippen molar-refractivity contribution in [1.29, 1.82) is 0 Å². The summed E-state index contributed by atoms with van der Waals surface area (Å²) in [5, 5.41) is 12.2. The van der Waals surface area contributed by atoms with Gasteiger partial charge in [-0.3, -0.25) is 4.79 Å². The number of nitrogens with one attached hydrogen (secondary N) is 2. The average molecular weight is 325 g/mol. The molecule has 1 atom stereocenters. The molecule has 0 bridgehead atoms. The largest absolute Gasteiger partial charge is 0.389 e. The molecule has 1 aromatic heterocycles. The second kappa shape index (κ2) is 6.03. The first-order chi connectivity index (χ1) is 7.15. The highest BCUT2D eigenvalue weighted by Gasteiger charge is 2.07. The van der Waals surface area contributed by atoms with Gasteiger partial charge in [0.1, 0.15) is 9.39 Å². The van der Waals surface area contributed by atoms with Crippen molar-refractivity contribution in [3.8, 4) is 0 Å². The Bertz CT molecular complexity index is 368. The van der Waals surface area contributed by atoms with E-state index in [1.165, 1.54) is 13.4 Å². The minimum Gasteiger partial charge on any atom is -0.389 e. The van der Waals surface area contributed by atoms with E-state index < -0.39 is 6.10 Å². The molecule has 0 fully saturated rings. The van der Waals surface area contributed by atoms with E-state index in [-0.39, 0.29) is 12.2 Å². The maximum atomic E-state index is 11.2. The molecule has 84 valence electrons. The maximum Gasteiger partial charge on any atom is 0.266 e. The molecule has 3 N–H and O–H groups in total. The van der Waals surface area contributed by atoms with Crippen molar-refractivity contribution in [2.75, 3.05) is 25.6 Å². The fourth-order valence-corrected chi connectivity index (χ4v) is 1.46. The lowest BCUT2D eigenvalue weighted by Crippen LogP contribution is -2.26. The second-order valence-electron chi connectivity index (χ2n) is 2.88. The monoisotopic (exact) mass is 325 g/mol. The molecule has 0 radical (unpaired) electrons. The van der Waals surface area contributed by atoms with Gasteiger partial charge >= 0.3 is 0 Å².